The smallest absolute Gasteiger partial charge is 0.224 e. The van der Waals surface area contributed by atoms with Gasteiger partial charge in [-0.3, -0.25) is 4.79 Å². The van der Waals surface area contributed by atoms with Crippen LogP contribution in [0.25, 0.3) is 0 Å². The zero-order chi connectivity index (χ0) is 13.5. The molecule has 19 heavy (non-hydrogen) atoms. The molecular weight excluding hydrogens is 244 g/mol. The van der Waals surface area contributed by atoms with Crippen molar-refractivity contribution in [2.45, 2.75) is 44.3 Å². The highest BCUT2D eigenvalue weighted by molar-refractivity contribution is 5.76. The average Bonchev–Trinajstić information content (AvgIpc) is 2.48. The fourth-order valence-electron chi connectivity index (χ4n) is 2.79. The van der Waals surface area contributed by atoms with Gasteiger partial charge in [0.1, 0.15) is 0 Å². The molecule has 110 valence electrons. The van der Waals surface area contributed by atoms with Gasteiger partial charge >= 0.3 is 0 Å². The van der Waals surface area contributed by atoms with Crippen molar-refractivity contribution in [2.75, 3.05) is 39.9 Å². The fraction of sp³-hybridized carbons (Fsp3) is 0.929. The number of carbonyl (C=O) groups is 1. The van der Waals surface area contributed by atoms with Crippen LogP contribution in [0.2, 0.25) is 0 Å². The predicted molar refractivity (Wildman–Crippen MR) is 73.1 cm³/mol. The molecule has 1 N–H and O–H groups in total. The molecule has 0 bridgehead atoms. The second-order valence-electron chi connectivity index (χ2n) is 5.41. The van der Waals surface area contributed by atoms with Crippen molar-refractivity contribution >= 4 is 5.91 Å². The fourth-order valence-corrected chi connectivity index (χ4v) is 2.79. The maximum absolute atomic E-state index is 12.1. The van der Waals surface area contributed by atoms with Gasteiger partial charge in [0.15, 0.2) is 0 Å². The lowest BCUT2D eigenvalue weighted by atomic mass is 10.1. The number of piperidine rings is 2. The van der Waals surface area contributed by atoms with Gasteiger partial charge in [0.25, 0.3) is 0 Å². The summed E-state index contributed by atoms with van der Waals surface area (Å²) >= 11 is 0. The highest BCUT2D eigenvalue weighted by atomic mass is 16.5. The third-order valence-corrected chi connectivity index (χ3v) is 4.02. The zero-order valence-electron chi connectivity index (χ0n) is 11.9. The van der Waals surface area contributed by atoms with Crippen LogP contribution < -0.4 is 5.32 Å². The van der Waals surface area contributed by atoms with Crippen molar-refractivity contribution in [3.8, 4) is 0 Å². The first-order chi connectivity index (χ1) is 9.29. The molecule has 1 amide bonds. The Morgan fingerprint density at radius 1 is 1.26 bits per heavy atom. The monoisotopic (exact) mass is 270 g/mol. The van der Waals surface area contributed by atoms with Gasteiger partial charge in [-0.25, -0.2) is 0 Å². The molecule has 2 aliphatic heterocycles. The Balaban J connectivity index is 1.63. The van der Waals surface area contributed by atoms with Gasteiger partial charge in [0, 0.05) is 20.2 Å². The summed E-state index contributed by atoms with van der Waals surface area (Å²) in [5.74, 6) is 0.204. The summed E-state index contributed by atoms with van der Waals surface area (Å²) in [7, 11) is 1.72. The Bertz CT molecular complexity index is 280. The van der Waals surface area contributed by atoms with Gasteiger partial charge in [-0.05, 0) is 38.8 Å². The van der Waals surface area contributed by atoms with E-state index in [0.29, 0.717) is 19.1 Å². The van der Waals surface area contributed by atoms with Crippen molar-refractivity contribution in [2.24, 2.45) is 0 Å². The molecule has 0 aromatic rings. The van der Waals surface area contributed by atoms with Gasteiger partial charge in [0.2, 0.25) is 5.91 Å². The summed E-state index contributed by atoms with van der Waals surface area (Å²) in [4.78, 5) is 14.0. The molecule has 0 radical (unpaired) electrons. The van der Waals surface area contributed by atoms with Gasteiger partial charge in [-0.2, -0.15) is 0 Å². The third kappa shape index (κ3) is 4.75. The van der Waals surface area contributed by atoms with Crippen molar-refractivity contribution < 1.29 is 14.3 Å². The van der Waals surface area contributed by atoms with Crippen LogP contribution in [0.15, 0.2) is 0 Å². The number of methoxy groups -OCH3 is 1. The Morgan fingerprint density at radius 3 is 2.79 bits per heavy atom. The molecule has 0 spiro atoms. The molecule has 5 heteroatoms. The second-order valence-corrected chi connectivity index (χ2v) is 5.41. The topological polar surface area (TPSA) is 50.8 Å². The van der Waals surface area contributed by atoms with E-state index in [-0.39, 0.29) is 12.0 Å². The maximum Gasteiger partial charge on any atom is 0.224 e. The zero-order valence-corrected chi connectivity index (χ0v) is 11.9. The molecule has 2 saturated heterocycles. The van der Waals surface area contributed by atoms with Gasteiger partial charge in [-0.15, -0.1) is 0 Å². The van der Waals surface area contributed by atoms with Crippen molar-refractivity contribution in [1.82, 2.24) is 10.2 Å². The van der Waals surface area contributed by atoms with E-state index < -0.39 is 0 Å². The highest BCUT2D eigenvalue weighted by Crippen LogP contribution is 2.14. The van der Waals surface area contributed by atoms with Crippen molar-refractivity contribution in [1.29, 1.82) is 0 Å². The van der Waals surface area contributed by atoms with Gasteiger partial charge < -0.3 is 19.7 Å². The number of nitrogens with zero attached hydrogens (tertiary/aromatic N) is 1. The lowest BCUT2D eigenvalue weighted by Crippen LogP contribution is -2.43. The van der Waals surface area contributed by atoms with Gasteiger partial charge in [-0.1, -0.05) is 0 Å². The molecule has 2 aliphatic rings. The minimum Gasteiger partial charge on any atom is -0.380 e. The van der Waals surface area contributed by atoms with E-state index >= 15 is 0 Å². The van der Waals surface area contributed by atoms with Crippen LogP contribution >= 0.6 is 0 Å². The summed E-state index contributed by atoms with van der Waals surface area (Å²) in [5.41, 5.74) is 0. The van der Waals surface area contributed by atoms with E-state index in [2.05, 4.69) is 5.32 Å². The van der Waals surface area contributed by atoms with Crippen LogP contribution in [0.1, 0.15) is 32.1 Å². The second kappa shape index (κ2) is 7.82. The molecule has 5 nitrogen and oxygen atoms in total. The molecular formula is C14H26N2O3. The Hall–Kier alpha value is -0.650. The minimum atomic E-state index is 0.204. The SMILES string of the molecule is COC1CCCN(C(=O)CCOC2CCNCC2)C1. The molecule has 2 rings (SSSR count). The average molecular weight is 270 g/mol. The van der Waals surface area contributed by atoms with Crippen LogP contribution in [-0.2, 0) is 14.3 Å². The summed E-state index contributed by atoms with van der Waals surface area (Å²) < 4.78 is 11.1. The lowest BCUT2D eigenvalue weighted by Gasteiger charge is -2.32. The van der Waals surface area contributed by atoms with Crippen LogP contribution in [0.3, 0.4) is 0 Å². The highest BCUT2D eigenvalue weighted by Gasteiger charge is 2.23. The molecule has 1 atom stereocenters. The number of carbonyl (C=O) groups excluding carboxylic acids is 1. The number of likely N-dealkylation sites (tertiary alicyclic amines) is 1. The molecule has 0 aromatic carbocycles. The molecule has 2 heterocycles. The number of amides is 1. The van der Waals surface area contributed by atoms with E-state index in [9.17, 15) is 4.79 Å². The van der Waals surface area contributed by atoms with Crippen LogP contribution in [0.5, 0.6) is 0 Å². The lowest BCUT2D eigenvalue weighted by molar-refractivity contribution is -0.136. The molecule has 2 fully saturated rings. The summed E-state index contributed by atoms with van der Waals surface area (Å²) in [6.45, 7) is 4.22. The number of nitrogens with one attached hydrogen (secondary N) is 1. The summed E-state index contributed by atoms with van der Waals surface area (Å²) in [5, 5.41) is 3.31. The first kappa shape index (κ1) is 14.8. The van der Waals surface area contributed by atoms with E-state index in [0.717, 1.165) is 51.9 Å². The Morgan fingerprint density at radius 2 is 2.05 bits per heavy atom. The van der Waals surface area contributed by atoms with E-state index in [4.69, 9.17) is 9.47 Å². The first-order valence-corrected chi connectivity index (χ1v) is 7.42. The Kier molecular flexibility index (Phi) is 6.07. The van der Waals surface area contributed by atoms with Crippen molar-refractivity contribution in [3.05, 3.63) is 0 Å². The van der Waals surface area contributed by atoms with Gasteiger partial charge in [0.05, 0.1) is 25.2 Å². The third-order valence-electron chi connectivity index (χ3n) is 4.02. The number of rotatable bonds is 5. The molecule has 0 aromatic heterocycles. The first-order valence-electron chi connectivity index (χ1n) is 7.42. The normalized spacial score (nSPS) is 25.5. The largest absolute Gasteiger partial charge is 0.380 e. The number of hydrogen-bond acceptors (Lipinski definition) is 4. The van der Waals surface area contributed by atoms with Crippen LogP contribution in [-0.4, -0.2) is 62.9 Å². The quantitative estimate of drug-likeness (QED) is 0.802. The van der Waals surface area contributed by atoms with E-state index in [1.54, 1.807) is 7.11 Å². The van der Waals surface area contributed by atoms with Crippen LogP contribution in [0, 0.1) is 0 Å². The van der Waals surface area contributed by atoms with Crippen molar-refractivity contribution in [3.63, 3.8) is 0 Å². The Labute approximate surface area is 115 Å². The molecule has 0 saturated carbocycles. The molecule has 0 aliphatic carbocycles. The maximum atomic E-state index is 12.1. The van der Waals surface area contributed by atoms with E-state index in [1.807, 2.05) is 4.90 Å². The summed E-state index contributed by atoms with van der Waals surface area (Å²) in [6.07, 6.45) is 5.27. The number of ether oxygens (including phenoxy) is 2. The van der Waals surface area contributed by atoms with Crippen LogP contribution in [0.4, 0.5) is 0 Å². The number of hydrogen-bond donors (Lipinski definition) is 1. The standard InChI is InChI=1S/C14H26N2O3/c1-18-13-3-2-9-16(11-13)14(17)6-10-19-12-4-7-15-8-5-12/h12-13,15H,2-11H2,1H3. The summed E-state index contributed by atoms with van der Waals surface area (Å²) in [6, 6.07) is 0. The predicted octanol–water partition coefficient (Wildman–Crippen LogP) is 0.783. The van der Waals surface area contributed by atoms with E-state index in [1.165, 1.54) is 0 Å². The molecule has 1 unspecified atom stereocenters. The minimum absolute atomic E-state index is 0.204.